The number of morpholine rings is 1. The van der Waals surface area contributed by atoms with E-state index in [2.05, 4.69) is 20.5 Å². The lowest BCUT2D eigenvalue weighted by Gasteiger charge is -2.61. The number of hydrogen-bond acceptors (Lipinski definition) is 7. The number of guanidine groups is 1. The molecule has 11 nitrogen and oxygen atoms in total. The number of alkyl halides is 1. The zero-order valence-electron chi connectivity index (χ0n) is 30.9. The average molecular weight is 713 g/mol. The highest BCUT2D eigenvalue weighted by molar-refractivity contribution is 6.20. The third kappa shape index (κ3) is 7.91. The molecule has 12 heteroatoms. The lowest BCUT2D eigenvalue weighted by atomic mass is 9.62. The van der Waals surface area contributed by atoms with Gasteiger partial charge in [0, 0.05) is 37.2 Å². The SMILES string of the molecule is CC(C)(C)OC(=O)NC1CCC(C2C(F)CC3C(=O)C(C(=O)NCC4CCCC(CN=C(N)N)C4)=CN4C5CC6CCCCC6CC5OC2C34)C1. The van der Waals surface area contributed by atoms with Crippen molar-refractivity contribution in [1.82, 2.24) is 15.5 Å². The van der Waals surface area contributed by atoms with Gasteiger partial charge in [-0.3, -0.25) is 14.6 Å². The third-order valence-electron chi connectivity index (χ3n) is 13.5. The minimum absolute atomic E-state index is 0.0189. The Labute approximate surface area is 302 Å². The van der Waals surface area contributed by atoms with E-state index in [9.17, 15) is 14.4 Å². The van der Waals surface area contributed by atoms with Crippen molar-refractivity contribution in [2.45, 2.75) is 153 Å². The van der Waals surface area contributed by atoms with Crippen molar-refractivity contribution in [2.24, 2.45) is 57.9 Å². The lowest BCUT2D eigenvalue weighted by molar-refractivity contribution is -0.224. The van der Waals surface area contributed by atoms with E-state index in [4.69, 9.17) is 20.9 Å². The predicted octanol–water partition coefficient (Wildman–Crippen LogP) is 4.72. The molecule has 0 aromatic heterocycles. The molecule has 13 unspecified atom stereocenters. The average Bonchev–Trinajstić information content (AvgIpc) is 3.53. The summed E-state index contributed by atoms with van der Waals surface area (Å²) in [7, 11) is 0. The largest absolute Gasteiger partial charge is 0.444 e. The fraction of sp³-hybridized carbons (Fsp3) is 0.846. The number of carbonyl (C=O) groups excluding carboxylic acids is 3. The molecule has 0 spiro atoms. The van der Waals surface area contributed by atoms with Gasteiger partial charge in [0.2, 0.25) is 0 Å². The number of Topliss-reactive ketones (excluding diaryl/α,β-unsaturated/α-hetero) is 1. The van der Waals surface area contributed by atoms with Crippen LogP contribution >= 0.6 is 0 Å². The maximum absolute atomic E-state index is 16.7. The van der Waals surface area contributed by atoms with Crippen molar-refractivity contribution in [1.29, 1.82) is 0 Å². The van der Waals surface area contributed by atoms with Crippen molar-refractivity contribution in [2.75, 3.05) is 13.1 Å². The van der Waals surface area contributed by atoms with Crippen LogP contribution in [0.15, 0.2) is 16.8 Å². The highest BCUT2D eigenvalue weighted by Crippen LogP contribution is 2.53. The van der Waals surface area contributed by atoms with Crippen molar-refractivity contribution in [3.63, 3.8) is 0 Å². The number of nitrogens with two attached hydrogens (primary N) is 2. The summed E-state index contributed by atoms with van der Waals surface area (Å²) in [6.07, 6.45) is 12.9. The number of ketones is 1. The van der Waals surface area contributed by atoms with E-state index in [1.165, 1.54) is 25.7 Å². The molecular formula is C39H61FN6O5. The van der Waals surface area contributed by atoms with E-state index in [0.717, 1.165) is 51.4 Å². The van der Waals surface area contributed by atoms with Gasteiger partial charge in [0.25, 0.3) is 5.91 Å². The van der Waals surface area contributed by atoms with Gasteiger partial charge in [-0.05, 0) is 108 Å². The summed E-state index contributed by atoms with van der Waals surface area (Å²) in [5, 5.41) is 6.14. The number of alkyl carbamates (subject to hydrolysis) is 1. The summed E-state index contributed by atoms with van der Waals surface area (Å²) in [6.45, 7) is 6.61. The molecule has 5 aliphatic carbocycles. The van der Waals surface area contributed by atoms with Crippen molar-refractivity contribution >= 4 is 23.7 Å². The van der Waals surface area contributed by atoms with E-state index >= 15 is 4.39 Å². The minimum Gasteiger partial charge on any atom is -0.444 e. The van der Waals surface area contributed by atoms with Crippen LogP contribution in [0.5, 0.6) is 0 Å². The summed E-state index contributed by atoms with van der Waals surface area (Å²) in [6, 6.07) is -0.311. The molecule has 284 valence electrons. The van der Waals surface area contributed by atoms with Crippen LogP contribution in [0.1, 0.15) is 111 Å². The molecule has 2 aliphatic heterocycles. The number of ether oxygens (including phenoxy) is 2. The van der Waals surface area contributed by atoms with Gasteiger partial charge >= 0.3 is 6.09 Å². The van der Waals surface area contributed by atoms with Crippen molar-refractivity contribution < 1.29 is 28.2 Å². The van der Waals surface area contributed by atoms with Crippen LogP contribution in [-0.4, -0.2) is 83.8 Å². The standard InChI is InChI=1S/C39H61FN6O5/c1-39(2,3)51-38(49)45-26-12-11-25(14-26)32-29(40)17-27-33-35(32)50-31-16-24-10-5-4-9-23(24)15-30(31)46(33)20-28(34(27)47)36(48)43-18-21-7-6-8-22(13-21)19-44-37(41)42/h20-27,29-33,35H,4-19H2,1-3H3,(H,43,48)(H,45,49)(H4,41,42,44). The molecule has 0 radical (unpaired) electrons. The molecule has 2 amide bonds. The Balaban J connectivity index is 1.10. The molecule has 1 saturated heterocycles. The van der Waals surface area contributed by atoms with E-state index in [1.807, 2.05) is 27.0 Å². The molecule has 0 bridgehead atoms. The van der Waals surface area contributed by atoms with Gasteiger partial charge in [-0.15, -0.1) is 0 Å². The molecule has 5 saturated carbocycles. The normalized spacial score (nSPS) is 40.5. The molecule has 51 heavy (non-hydrogen) atoms. The van der Waals surface area contributed by atoms with E-state index < -0.39 is 29.9 Å². The number of amides is 2. The van der Waals surface area contributed by atoms with Gasteiger partial charge < -0.3 is 36.5 Å². The summed E-state index contributed by atoms with van der Waals surface area (Å²) in [5.74, 6) is 0.394. The number of hydrogen-bond donors (Lipinski definition) is 4. The number of fused-ring (bicyclic) bond motifs is 3. The van der Waals surface area contributed by atoms with Crippen LogP contribution in [-0.2, 0) is 19.1 Å². The molecule has 7 aliphatic rings. The number of rotatable bonds is 7. The molecule has 6 N–H and O–H groups in total. The zero-order valence-corrected chi connectivity index (χ0v) is 30.9. The van der Waals surface area contributed by atoms with Crippen molar-refractivity contribution in [3.8, 4) is 0 Å². The maximum Gasteiger partial charge on any atom is 0.407 e. The number of nitrogens with one attached hydrogen (secondary N) is 2. The highest BCUT2D eigenvalue weighted by atomic mass is 19.1. The lowest BCUT2D eigenvalue weighted by Crippen LogP contribution is -2.71. The molecular weight excluding hydrogens is 651 g/mol. The van der Waals surface area contributed by atoms with Crippen LogP contribution in [0.3, 0.4) is 0 Å². The smallest absolute Gasteiger partial charge is 0.407 e. The fourth-order valence-corrected chi connectivity index (χ4v) is 11.3. The second-order valence-corrected chi connectivity index (χ2v) is 18.1. The van der Waals surface area contributed by atoms with Gasteiger partial charge in [-0.2, -0.15) is 0 Å². The number of carbonyl (C=O) groups is 3. The molecule has 6 fully saturated rings. The monoisotopic (exact) mass is 712 g/mol. The first-order chi connectivity index (χ1) is 24.3. The summed E-state index contributed by atoms with van der Waals surface area (Å²) in [5.41, 5.74) is 10.7. The van der Waals surface area contributed by atoms with Crippen LogP contribution in [0.4, 0.5) is 9.18 Å². The maximum atomic E-state index is 16.7. The predicted molar refractivity (Wildman–Crippen MR) is 192 cm³/mol. The Morgan fingerprint density at radius 3 is 2.45 bits per heavy atom. The van der Waals surface area contributed by atoms with Gasteiger partial charge in [0.05, 0.1) is 29.9 Å². The van der Waals surface area contributed by atoms with Gasteiger partial charge in [-0.1, -0.05) is 32.1 Å². The Kier molecular flexibility index (Phi) is 10.6. The van der Waals surface area contributed by atoms with Crippen LogP contribution in [0, 0.1) is 41.4 Å². The van der Waals surface area contributed by atoms with E-state index in [-0.39, 0.29) is 65.7 Å². The number of halogens is 1. The fourth-order valence-electron chi connectivity index (χ4n) is 11.3. The molecule has 2 heterocycles. The third-order valence-corrected chi connectivity index (χ3v) is 13.5. The Bertz CT molecular complexity index is 1380. The van der Waals surface area contributed by atoms with E-state index in [1.54, 1.807) is 0 Å². The first kappa shape index (κ1) is 36.5. The van der Waals surface area contributed by atoms with Crippen LogP contribution in [0.2, 0.25) is 0 Å². The van der Waals surface area contributed by atoms with Crippen molar-refractivity contribution in [3.05, 3.63) is 11.8 Å². The Morgan fingerprint density at radius 2 is 1.71 bits per heavy atom. The first-order valence-corrected chi connectivity index (χ1v) is 20.0. The van der Waals surface area contributed by atoms with Gasteiger partial charge in [-0.25, -0.2) is 9.18 Å². The van der Waals surface area contributed by atoms with Gasteiger partial charge in [0.1, 0.15) is 11.8 Å². The summed E-state index contributed by atoms with van der Waals surface area (Å²) < 4.78 is 29.3. The number of aliphatic imine (C=N–C) groups is 1. The molecule has 13 atom stereocenters. The first-order valence-electron chi connectivity index (χ1n) is 20.0. The van der Waals surface area contributed by atoms with E-state index in [0.29, 0.717) is 43.2 Å². The highest BCUT2D eigenvalue weighted by Gasteiger charge is 2.61. The zero-order chi connectivity index (χ0) is 36.0. The van der Waals surface area contributed by atoms with Gasteiger partial charge in [0.15, 0.2) is 11.7 Å². The van der Waals surface area contributed by atoms with Crippen LogP contribution < -0.4 is 22.1 Å². The Hall–Kier alpha value is -2.89. The topological polar surface area (TPSA) is 161 Å². The second kappa shape index (κ2) is 14.9. The second-order valence-electron chi connectivity index (χ2n) is 18.1. The summed E-state index contributed by atoms with van der Waals surface area (Å²) >= 11 is 0. The molecule has 0 aromatic carbocycles. The van der Waals surface area contributed by atoms with Crippen LogP contribution in [0.25, 0.3) is 0 Å². The quantitative estimate of drug-likeness (QED) is 0.168. The molecule has 7 rings (SSSR count). The summed E-state index contributed by atoms with van der Waals surface area (Å²) in [4.78, 5) is 47.3. The minimum atomic E-state index is -1.23. The molecule has 0 aromatic rings. The number of nitrogens with zero attached hydrogens (tertiary/aromatic N) is 2. The Morgan fingerprint density at radius 1 is 0.961 bits per heavy atom.